The lowest BCUT2D eigenvalue weighted by molar-refractivity contribution is -0.616. The molecule has 2 heterocycles. The van der Waals surface area contributed by atoms with E-state index in [9.17, 15) is 9.18 Å². The average Bonchev–Trinajstić information content (AvgIpc) is 2.84. The van der Waals surface area contributed by atoms with Gasteiger partial charge in [-0.1, -0.05) is 12.6 Å². The Kier molecular flexibility index (Phi) is 6.85. The Morgan fingerprint density at radius 1 is 1.24 bits per heavy atom. The summed E-state index contributed by atoms with van der Waals surface area (Å²) in [5, 5.41) is 10.7. The Labute approximate surface area is 191 Å². The molecule has 0 spiro atoms. The quantitative estimate of drug-likeness (QED) is 0.430. The Morgan fingerprint density at radius 3 is 2.82 bits per heavy atom. The minimum Gasteiger partial charge on any atom is -0.457 e. The van der Waals surface area contributed by atoms with Crippen LogP contribution >= 0.6 is 0 Å². The number of halogens is 1. The summed E-state index contributed by atoms with van der Waals surface area (Å²) in [6, 6.07) is 13.1. The van der Waals surface area contributed by atoms with Crippen molar-refractivity contribution in [2.75, 3.05) is 13.1 Å². The molecule has 0 unspecified atom stereocenters. The number of aromatic nitrogens is 2. The van der Waals surface area contributed by atoms with Gasteiger partial charge in [-0.25, -0.2) is 9.37 Å². The van der Waals surface area contributed by atoms with Gasteiger partial charge < -0.3 is 9.64 Å². The summed E-state index contributed by atoms with van der Waals surface area (Å²) in [7, 11) is 0. The van der Waals surface area contributed by atoms with E-state index >= 15 is 0 Å². The van der Waals surface area contributed by atoms with Crippen molar-refractivity contribution in [1.82, 2.24) is 14.9 Å². The molecule has 1 aliphatic heterocycles. The maximum absolute atomic E-state index is 13.4. The first-order valence-electron chi connectivity index (χ1n) is 10.7. The number of carbonyl (C=O) groups excluding carboxylic acids is 1. The Balaban J connectivity index is 1.47. The number of hydrogen-bond acceptors (Lipinski definition) is 5. The first-order chi connectivity index (χ1) is 16.0. The molecule has 1 amide bonds. The van der Waals surface area contributed by atoms with Crippen molar-refractivity contribution < 1.29 is 19.2 Å². The van der Waals surface area contributed by atoms with Gasteiger partial charge in [0.05, 0.1) is 12.3 Å². The molecule has 4 rings (SSSR count). The minimum atomic E-state index is -0.367. The van der Waals surface area contributed by atoms with Crippen LogP contribution in [0.4, 0.5) is 10.2 Å². The molecule has 33 heavy (non-hydrogen) atoms. The Morgan fingerprint density at radius 2 is 2.06 bits per heavy atom. The van der Waals surface area contributed by atoms with Gasteiger partial charge >= 0.3 is 0 Å². The molecule has 3 N–H and O–H groups in total. The van der Waals surface area contributed by atoms with Crippen molar-refractivity contribution in [3.8, 4) is 11.5 Å². The second kappa shape index (κ2) is 10.1. The molecule has 1 fully saturated rings. The largest absolute Gasteiger partial charge is 0.457 e. The maximum Gasteiger partial charge on any atom is 0.246 e. The molecule has 0 bridgehead atoms. The van der Waals surface area contributed by atoms with E-state index in [1.54, 1.807) is 47.5 Å². The summed E-state index contributed by atoms with van der Waals surface area (Å²) in [4.78, 5) is 22.3. The molecule has 1 saturated heterocycles. The van der Waals surface area contributed by atoms with Gasteiger partial charge in [-0.15, -0.1) is 0 Å². The number of nitrogens with two attached hydrogens (primary N) is 1. The van der Waals surface area contributed by atoms with Crippen LogP contribution in [0.2, 0.25) is 0 Å². The third-order valence-electron chi connectivity index (χ3n) is 5.52. The molecule has 3 aromatic rings. The van der Waals surface area contributed by atoms with Crippen LogP contribution in [0.1, 0.15) is 24.0 Å². The molecular formula is C25H25FN5O2+. The van der Waals surface area contributed by atoms with Crippen molar-refractivity contribution >= 4 is 17.4 Å². The SMILES string of the molecule is C=CC(=O)N1CCC[C@@H]([NH2+]c2ncncc2C(=N)c2ccc(Oc3cccc(F)c3)cc2)C1. The van der Waals surface area contributed by atoms with E-state index in [2.05, 4.69) is 16.5 Å². The first-order valence-corrected chi connectivity index (χ1v) is 10.7. The highest BCUT2D eigenvalue weighted by molar-refractivity contribution is 6.12. The lowest BCUT2D eigenvalue weighted by atomic mass is 10.0. The monoisotopic (exact) mass is 446 g/mol. The third-order valence-corrected chi connectivity index (χ3v) is 5.52. The molecule has 168 valence electrons. The van der Waals surface area contributed by atoms with Gasteiger partial charge in [-0.05, 0) is 48.9 Å². The van der Waals surface area contributed by atoms with Crippen LogP contribution in [-0.4, -0.2) is 45.6 Å². The van der Waals surface area contributed by atoms with Gasteiger partial charge in [0, 0.05) is 30.8 Å². The highest BCUT2D eigenvalue weighted by Crippen LogP contribution is 2.23. The van der Waals surface area contributed by atoms with E-state index in [0.29, 0.717) is 35.0 Å². The van der Waals surface area contributed by atoms with Crippen molar-refractivity contribution in [2.24, 2.45) is 0 Å². The smallest absolute Gasteiger partial charge is 0.246 e. The number of likely N-dealkylation sites (tertiary alicyclic amines) is 1. The Hall–Kier alpha value is -3.91. The van der Waals surface area contributed by atoms with Crippen LogP contribution in [0.3, 0.4) is 0 Å². The summed E-state index contributed by atoms with van der Waals surface area (Å²) in [6.07, 6.45) is 6.30. The Bertz CT molecular complexity index is 1170. The zero-order chi connectivity index (χ0) is 23.2. The fourth-order valence-corrected chi connectivity index (χ4v) is 3.87. The van der Waals surface area contributed by atoms with Gasteiger partial charge in [0.25, 0.3) is 0 Å². The fourth-order valence-electron chi connectivity index (χ4n) is 3.87. The number of nitrogens with one attached hydrogen (secondary N) is 1. The highest BCUT2D eigenvalue weighted by atomic mass is 19.1. The maximum atomic E-state index is 13.4. The molecule has 1 atom stereocenters. The van der Waals surface area contributed by atoms with E-state index in [1.165, 1.54) is 24.5 Å². The van der Waals surface area contributed by atoms with Gasteiger partial charge in [0.15, 0.2) is 0 Å². The molecule has 1 aromatic heterocycles. The summed E-state index contributed by atoms with van der Waals surface area (Å²) in [5.41, 5.74) is 1.58. The topological polar surface area (TPSA) is 95.8 Å². The zero-order valence-corrected chi connectivity index (χ0v) is 18.1. The molecule has 0 saturated carbocycles. The standard InChI is InChI=1S/C25H24FN5O2/c1-2-23(32)31-12-4-6-19(15-31)30-25-22(14-28-16-29-25)24(27)17-8-10-20(11-9-17)33-21-7-3-5-18(26)13-21/h2-3,5,7-11,13-14,16,19,27H,1,4,6,12,15H2,(H,28,29,30)/p+1/t19-/m1/s1. The van der Waals surface area contributed by atoms with Crippen LogP contribution in [0.25, 0.3) is 0 Å². The van der Waals surface area contributed by atoms with Crippen LogP contribution in [-0.2, 0) is 4.79 Å². The number of nitrogens with zero attached hydrogens (tertiary/aromatic N) is 3. The van der Waals surface area contributed by atoms with E-state index in [4.69, 9.17) is 10.1 Å². The van der Waals surface area contributed by atoms with Crippen LogP contribution in [0.5, 0.6) is 11.5 Å². The number of carbonyl (C=O) groups is 1. The zero-order valence-electron chi connectivity index (χ0n) is 18.1. The summed E-state index contributed by atoms with van der Waals surface area (Å²) < 4.78 is 19.0. The predicted octanol–water partition coefficient (Wildman–Crippen LogP) is 3.20. The fraction of sp³-hybridized carbons (Fsp3) is 0.200. The number of quaternary nitrogens is 1. The van der Waals surface area contributed by atoms with E-state index in [1.807, 2.05) is 5.32 Å². The van der Waals surface area contributed by atoms with Crippen LogP contribution in [0, 0.1) is 11.2 Å². The minimum absolute atomic E-state index is 0.0655. The number of rotatable bonds is 7. The highest BCUT2D eigenvalue weighted by Gasteiger charge is 2.27. The summed E-state index contributed by atoms with van der Waals surface area (Å²) in [5.74, 6) is 1.19. The van der Waals surface area contributed by atoms with Crippen LogP contribution in [0.15, 0.2) is 73.7 Å². The second-order valence-electron chi connectivity index (χ2n) is 7.84. The van der Waals surface area contributed by atoms with Gasteiger partial charge in [-0.2, -0.15) is 4.98 Å². The first kappa shape index (κ1) is 22.3. The van der Waals surface area contributed by atoms with E-state index in [0.717, 1.165) is 19.4 Å². The molecule has 0 radical (unpaired) electrons. The number of amides is 1. The molecule has 8 heteroatoms. The van der Waals surface area contributed by atoms with Gasteiger partial charge in [-0.3, -0.25) is 15.5 Å². The number of piperidine rings is 1. The van der Waals surface area contributed by atoms with Crippen molar-refractivity contribution in [2.45, 2.75) is 18.9 Å². The lowest BCUT2D eigenvalue weighted by Crippen LogP contribution is -2.88. The molecule has 2 aromatic carbocycles. The number of benzene rings is 2. The van der Waals surface area contributed by atoms with Crippen molar-refractivity contribution in [1.29, 1.82) is 5.41 Å². The second-order valence-corrected chi connectivity index (χ2v) is 7.84. The third kappa shape index (κ3) is 5.48. The number of hydrogen-bond donors (Lipinski definition) is 2. The normalized spacial score (nSPS) is 15.7. The van der Waals surface area contributed by atoms with E-state index in [-0.39, 0.29) is 23.5 Å². The van der Waals surface area contributed by atoms with Crippen LogP contribution < -0.4 is 10.1 Å². The average molecular weight is 447 g/mol. The van der Waals surface area contributed by atoms with Crippen molar-refractivity contribution in [3.63, 3.8) is 0 Å². The number of ether oxygens (including phenoxy) is 1. The summed E-state index contributed by atoms with van der Waals surface area (Å²) in [6.45, 7) is 4.91. The molecule has 7 nitrogen and oxygen atoms in total. The molecule has 0 aliphatic carbocycles. The van der Waals surface area contributed by atoms with Gasteiger partial charge in [0.2, 0.25) is 11.7 Å². The summed E-state index contributed by atoms with van der Waals surface area (Å²) >= 11 is 0. The predicted molar refractivity (Wildman–Crippen MR) is 122 cm³/mol. The van der Waals surface area contributed by atoms with Gasteiger partial charge in [0.1, 0.15) is 35.2 Å². The molecule has 1 aliphatic rings. The lowest BCUT2D eigenvalue weighted by Gasteiger charge is -2.30. The van der Waals surface area contributed by atoms with E-state index < -0.39 is 0 Å². The molecular weight excluding hydrogens is 421 g/mol. The van der Waals surface area contributed by atoms with Crippen molar-refractivity contribution in [3.05, 3.63) is 90.7 Å².